The predicted octanol–water partition coefficient (Wildman–Crippen LogP) is 0.774. The number of thioether (sulfide) groups is 2. The van der Waals surface area contributed by atoms with Gasteiger partial charge in [0, 0.05) is 30.5 Å². The summed E-state index contributed by atoms with van der Waals surface area (Å²) in [5.41, 5.74) is 0.579. The first-order valence-corrected chi connectivity index (χ1v) is 5.68. The van der Waals surface area contributed by atoms with Crippen LogP contribution >= 0.6 is 23.5 Å². The van der Waals surface area contributed by atoms with E-state index < -0.39 is 0 Å². The van der Waals surface area contributed by atoms with Crippen molar-refractivity contribution in [3.05, 3.63) is 6.54 Å². The Morgan fingerprint density at radius 2 is 2.60 bits per heavy atom. The van der Waals surface area contributed by atoms with E-state index >= 15 is 0 Å². The third kappa shape index (κ3) is 1.44. The van der Waals surface area contributed by atoms with Crippen LogP contribution in [0.5, 0.6) is 0 Å². The lowest BCUT2D eigenvalue weighted by Crippen LogP contribution is -2.36. The van der Waals surface area contributed by atoms with Gasteiger partial charge in [0.15, 0.2) is 0 Å². The van der Waals surface area contributed by atoms with Crippen molar-refractivity contribution in [1.82, 2.24) is 10.2 Å². The summed E-state index contributed by atoms with van der Waals surface area (Å²) in [6.07, 6.45) is 0. The van der Waals surface area contributed by atoms with Gasteiger partial charge in [-0.3, -0.25) is 10.2 Å². The Morgan fingerprint density at radius 3 is 3.20 bits per heavy atom. The van der Waals surface area contributed by atoms with Gasteiger partial charge >= 0.3 is 0 Å². The lowest BCUT2D eigenvalue weighted by Gasteiger charge is -2.20. The van der Waals surface area contributed by atoms with Crippen LogP contribution in [0.4, 0.5) is 0 Å². The molecule has 0 spiro atoms. The molecule has 0 aliphatic carbocycles. The second kappa shape index (κ2) is 3.34. The Hall–Kier alpha value is 0.620. The second-order valence-corrected chi connectivity index (χ2v) is 4.59. The summed E-state index contributed by atoms with van der Waals surface area (Å²) in [4.78, 5) is 2.48. The average Bonchev–Trinajstić information content (AvgIpc) is 2.59. The van der Waals surface area contributed by atoms with Crippen LogP contribution in [0.2, 0.25) is 0 Å². The SMILES string of the molecule is [CH]1CSC(N2CCSC2)N1. The molecule has 1 unspecified atom stereocenters. The minimum absolute atomic E-state index is 0.579. The van der Waals surface area contributed by atoms with Gasteiger partial charge in [-0.15, -0.1) is 23.5 Å². The largest absolute Gasteiger partial charge is 0.288 e. The minimum atomic E-state index is 0.579. The molecule has 1 N–H and O–H groups in total. The monoisotopic (exact) mass is 175 g/mol. The lowest BCUT2D eigenvalue weighted by atomic mass is 10.6. The van der Waals surface area contributed by atoms with Crippen LogP contribution in [-0.2, 0) is 0 Å². The van der Waals surface area contributed by atoms with Crippen LogP contribution in [0.15, 0.2) is 0 Å². The van der Waals surface area contributed by atoms with Crippen molar-refractivity contribution < 1.29 is 0 Å². The second-order valence-electron chi connectivity index (χ2n) is 2.41. The van der Waals surface area contributed by atoms with Crippen LogP contribution < -0.4 is 5.32 Å². The molecule has 0 saturated carbocycles. The molecule has 0 bridgehead atoms. The first-order chi connectivity index (χ1) is 4.97. The molecule has 2 aliphatic rings. The predicted molar refractivity (Wildman–Crippen MR) is 47.7 cm³/mol. The fourth-order valence-electron chi connectivity index (χ4n) is 1.16. The molecule has 4 heteroatoms. The molecule has 2 saturated heterocycles. The Morgan fingerprint density at radius 1 is 1.60 bits per heavy atom. The fourth-order valence-corrected chi connectivity index (χ4v) is 3.22. The molecular weight excluding hydrogens is 164 g/mol. The molecule has 2 fully saturated rings. The Labute approximate surface area is 70.1 Å². The van der Waals surface area contributed by atoms with Gasteiger partial charge in [0.1, 0.15) is 5.50 Å². The number of nitrogens with zero attached hydrogens (tertiary/aromatic N) is 1. The van der Waals surface area contributed by atoms with Crippen LogP contribution in [0, 0.1) is 6.54 Å². The fraction of sp³-hybridized carbons (Fsp3) is 0.833. The summed E-state index contributed by atoms with van der Waals surface area (Å²) in [5.74, 6) is 3.67. The van der Waals surface area contributed by atoms with E-state index in [1.807, 2.05) is 23.5 Å². The molecule has 0 aromatic rings. The smallest absolute Gasteiger partial charge is 0.109 e. The van der Waals surface area contributed by atoms with E-state index in [2.05, 4.69) is 16.8 Å². The van der Waals surface area contributed by atoms with Gasteiger partial charge in [0.2, 0.25) is 0 Å². The quantitative estimate of drug-likeness (QED) is 0.633. The molecule has 57 valence electrons. The first-order valence-electron chi connectivity index (χ1n) is 3.48. The maximum Gasteiger partial charge on any atom is 0.109 e. The standard InChI is InChI=1S/C6H11N2S2/c1-3-10-6(7-1)8-2-4-9-5-8/h1,6-7H,2-5H2. The molecule has 2 nitrogen and oxygen atoms in total. The summed E-state index contributed by atoms with van der Waals surface area (Å²) in [6, 6.07) is 0. The highest BCUT2D eigenvalue weighted by molar-refractivity contribution is 8.00. The number of rotatable bonds is 1. The molecule has 2 aliphatic heterocycles. The summed E-state index contributed by atoms with van der Waals surface area (Å²) in [6.45, 7) is 3.40. The van der Waals surface area contributed by atoms with Crippen LogP contribution in [0.25, 0.3) is 0 Å². The normalized spacial score (nSPS) is 35.4. The van der Waals surface area contributed by atoms with E-state index in [1.54, 1.807) is 0 Å². The Balaban J connectivity index is 1.85. The van der Waals surface area contributed by atoms with Gasteiger partial charge in [-0.1, -0.05) is 0 Å². The number of hydrogen-bond acceptors (Lipinski definition) is 4. The van der Waals surface area contributed by atoms with Crippen LogP contribution in [-0.4, -0.2) is 34.3 Å². The molecule has 2 rings (SSSR count). The molecule has 10 heavy (non-hydrogen) atoms. The number of nitrogens with one attached hydrogen (secondary N) is 1. The number of hydrogen-bond donors (Lipinski definition) is 1. The molecule has 1 radical (unpaired) electrons. The van der Waals surface area contributed by atoms with E-state index in [-0.39, 0.29) is 0 Å². The maximum absolute atomic E-state index is 3.35. The highest BCUT2D eigenvalue weighted by atomic mass is 32.2. The van der Waals surface area contributed by atoms with Crippen LogP contribution in [0.1, 0.15) is 0 Å². The van der Waals surface area contributed by atoms with Crippen molar-refractivity contribution in [2.24, 2.45) is 0 Å². The van der Waals surface area contributed by atoms with E-state index in [0.29, 0.717) is 5.50 Å². The van der Waals surface area contributed by atoms with Crippen molar-refractivity contribution in [1.29, 1.82) is 0 Å². The Bertz CT molecular complexity index is 94.3. The van der Waals surface area contributed by atoms with Gasteiger partial charge in [-0.25, -0.2) is 0 Å². The van der Waals surface area contributed by atoms with E-state index in [1.165, 1.54) is 18.2 Å². The third-order valence-corrected chi connectivity index (χ3v) is 3.80. The average molecular weight is 175 g/mol. The van der Waals surface area contributed by atoms with Crippen molar-refractivity contribution in [2.45, 2.75) is 5.50 Å². The summed E-state index contributed by atoms with van der Waals surface area (Å²) >= 11 is 4.01. The maximum atomic E-state index is 3.35. The summed E-state index contributed by atoms with van der Waals surface area (Å²) in [5, 5.41) is 3.35. The van der Waals surface area contributed by atoms with Gasteiger partial charge < -0.3 is 0 Å². The minimum Gasteiger partial charge on any atom is -0.288 e. The van der Waals surface area contributed by atoms with E-state index in [0.717, 1.165) is 5.75 Å². The van der Waals surface area contributed by atoms with Crippen molar-refractivity contribution in [3.63, 3.8) is 0 Å². The highest BCUT2D eigenvalue weighted by Gasteiger charge is 2.24. The molecule has 0 aromatic heterocycles. The van der Waals surface area contributed by atoms with E-state index in [9.17, 15) is 0 Å². The molecule has 0 aromatic carbocycles. The van der Waals surface area contributed by atoms with E-state index in [4.69, 9.17) is 0 Å². The molecular formula is C6H11N2S2. The van der Waals surface area contributed by atoms with Gasteiger partial charge in [0.25, 0.3) is 0 Å². The Kier molecular flexibility index (Phi) is 2.43. The molecule has 1 atom stereocenters. The molecule has 2 heterocycles. The zero-order chi connectivity index (χ0) is 6.81. The zero-order valence-electron chi connectivity index (χ0n) is 5.75. The van der Waals surface area contributed by atoms with Gasteiger partial charge in [-0.05, 0) is 0 Å². The van der Waals surface area contributed by atoms with Crippen LogP contribution in [0.3, 0.4) is 0 Å². The third-order valence-electron chi connectivity index (χ3n) is 1.71. The topological polar surface area (TPSA) is 15.3 Å². The lowest BCUT2D eigenvalue weighted by molar-refractivity contribution is 0.313. The van der Waals surface area contributed by atoms with Crippen molar-refractivity contribution in [3.8, 4) is 0 Å². The van der Waals surface area contributed by atoms with Gasteiger partial charge in [0.05, 0.1) is 0 Å². The van der Waals surface area contributed by atoms with Crippen molar-refractivity contribution in [2.75, 3.05) is 23.9 Å². The molecule has 0 amide bonds. The zero-order valence-corrected chi connectivity index (χ0v) is 7.38. The summed E-state index contributed by atoms with van der Waals surface area (Å²) in [7, 11) is 0. The van der Waals surface area contributed by atoms with Crippen molar-refractivity contribution >= 4 is 23.5 Å². The highest BCUT2D eigenvalue weighted by Crippen LogP contribution is 2.25. The summed E-state index contributed by atoms with van der Waals surface area (Å²) < 4.78 is 0. The first kappa shape index (κ1) is 7.28. The van der Waals surface area contributed by atoms with Gasteiger partial charge in [-0.2, -0.15) is 0 Å².